The van der Waals surface area contributed by atoms with E-state index in [9.17, 15) is 15.0 Å². The number of rotatable bonds is 4. The van der Waals surface area contributed by atoms with Gasteiger partial charge < -0.3 is 10.2 Å². The zero-order valence-corrected chi connectivity index (χ0v) is 14.6. The van der Waals surface area contributed by atoms with Crippen molar-refractivity contribution in [2.45, 2.75) is 31.9 Å². The summed E-state index contributed by atoms with van der Waals surface area (Å²) in [6, 6.07) is 13.6. The number of hydrogen-bond donors (Lipinski definition) is 2. The van der Waals surface area contributed by atoms with E-state index in [4.69, 9.17) is 11.6 Å². The van der Waals surface area contributed by atoms with E-state index in [2.05, 4.69) is 5.10 Å². The maximum atomic E-state index is 12.7. The molecule has 0 aliphatic carbocycles. The number of aliphatic hydroxyl groups is 1. The molecule has 130 valence electrons. The van der Waals surface area contributed by atoms with Crippen molar-refractivity contribution < 1.29 is 15.0 Å². The van der Waals surface area contributed by atoms with E-state index in [1.807, 2.05) is 6.07 Å². The molecule has 25 heavy (non-hydrogen) atoms. The highest BCUT2D eigenvalue weighted by Gasteiger charge is 2.44. The lowest BCUT2D eigenvalue weighted by Crippen LogP contribution is -2.43. The molecule has 1 heterocycles. The Morgan fingerprint density at radius 3 is 2.60 bits per heavy atom. The monoisotopic (exact) mass is 358 g/mol. The van der Waals surface area contributed by atoms with Crippen molar-refractivity contribution in [1.29, 1.82) is 0 Å². The van der Waals surface area contributed by atoms with Crippen molar-refractivity contribution in [1.82, 2.24) is 5.01 Å². The molecule has 2 aromatic rings. The number of aromatic hydroxyl groups is 1. The van der Waals surface area contributed by atoms with Crippen LogP contribution in [0.15, 0.2) is 53.6 Å². The van der Waals surface area contributed by atoms with E-state index in [1.165, 1.54) is 0 Å². The first kappa shape index (κ1) is 17.5. The fourth-order valence-corrected chi connectivity index (χ4v) is 3.12. The number of amides is 1. The molecule has 2 aromatic carbocycles. The van der Waals surface area contributed by atoms with Crippen molar-refractivity contribution in [2.24, 2.45) is 5.10 Å². The quantitative estimate of drug-likeness (QED) is 0.879. The van der Waals surface area contributed by atoms with Gasteiger partial charge in [0.25, 0.3) is 0 Å². The van der Waals surface area contributed by atoms with Crippen LogP contribution < -0.4 is 0 Å². The normalized spacial score (nSPS) is 19.8. The van der Waals surface area contributed by atoms with Crippen LogP contribution in [0.3, 0.4) is 0 Å². The first-order chi connectivity index (χ1) is 11.9. The Hall–Kier alpha value is -2.37. The Morgan fingerprint density at radius 2 is 1.92 bits per heavy atom. The lowest BCUT2D eigenvalue weighted by Gasteiger charge is -2.31. The summed E-state index contributed by atoms with van der Waals surface area (Å²) in [7, 11) is 0. The summed E-state index contributed by atoms with van der Waals surface area (Å²) >= 11 is 5.91. The third-order valence-electron chi connectivity index (χ3n) is 4.27. The van der Waals surface area contributed by atoms with E-state index >= 15 is 0 Å². The van der Waals surface area contributed by atoms with E-state index in [-0.39, 0.29) is 24.5 Å². The van der Waals surface area contributed by atoms with Gasteiger partial charge in [0.1, 0.15) is 5.75 Å². The summed E-state index contributed by atoms with van der Waals surface area (Å²) in [5.74, 6) is -0.151. The molecule has 2 N–H and O–H groups in total. The van der Waals surface area contributed by atoms with E-state index in [0.717, 1.165) is 5.01 Å². The number of aryl methyl sites for hydroxylation is 1. The second-order valence-corrected chi connectivity index (χ2v) is 6.61. The highest BCUT2D eigenvalue weighted by Crippen LogP contribution is 2.36. The van der Waals surface area contributed by atoms with Crippen LogP contribution in [0, 0.1) is 0 Å². The maximum absolute atomic E-state index is 12.7. The molecule has 0 bridgehead atoms. The number of hydrogen-bond acceptors (Lipinski definition) is 4. The van der Waals surface area contributed by atoms with E-state index in [1.54, 1.807) is 49.4 Å². The van der Waals surface area contributed by atoms with Crippen molar-refractivity contribution in [3.05, 3.63) is 64.7 Å². The van der Waals surface area contributed by atoms with Gasteiger partial charge in [0.15, 0.2) is 5.72 Å². The molecule has 0 fully saturated rings. The zero-order valence-electron chi connectivity index (χ0n) is 13.8. The van der Waals surface area contributed by atoms with Crippen LogP contribution in [-0.2, 0) is 16.9 Å². The molecule has 1 aliphatic rings. The van der Waals surface area contributed by atoms with Crippen LogP contribution in [0.4, 0.5) is 0 Å². The highest BCUT2D eigenvalue weighted by molar-refractivity contribution is 6.30. The third kappa shape index (κ3) is 3.52. The standard InChI is InChI=1S/C19H19ClN2O3/c1-13-12-19(25,15-7-9-16(20)10-8-15)22(21-13)18(24)11-6-14-4-2-3-5-17(14)23/h2-5,7-10,23,25H,6,11-12H2,1H3/t19-/m1/s1. The minimum atomic E-state index is -1.51. The first-order valence-corrected chi connectivity index (χ1v) is 8.40. The van der Waals surface area contributed by atoms with Crippen LogP contribution >= 0.6 is 11.6 Å². The smallest absolute Gasteiger partial charge is 0.245 e. The second kappa shape index (κ2) is 6.86. The summed E-state index contributed by atoms with van der Waals surface area (Å²) in [4.78, 5) is 12.7. The lowest BCUT2D eigenvalue weighted by molar-refractivity contribution is -0.157. The van der Waals surface area contributed by atoms with Crippen molar-refractivity contribution in [3.8, 4) is 5.75 Å². The molecule has 0 radical (unpaired) electrons. The number of carbonyl (C=O) groups excluding carboxylic acids is 1. The van der Waals surface area contributed by atoms with Crippen molar-refractivity contribution in [2.75, 3.05) is 0 Å². The van der Waals surface area contributed by atoms with Crippen LogP contribution in [0.2, 0.25) is 5.02 Å². The molecule has 0 spiro atoms. The third-order valence-corrected chi connectivity index (χ3v) is 4.52. The van der Waals surface area contributed by atoms with Crippen LogP contribution in [0.25, 0.3) is 0 Å². The Balaban J connectivity index is 1.79. The number of benzene rings is 2. The summed E-state index contributed by atoms with van der Waals surface area (Å²) in [6.07, 6.45) is 0.745. The van der Waals surface area contributed by atoms with E-state index in [0.29, 0.717) is 28.3 Å². The van der Waals surface area contributed by atoms with Gasteiger partial charge in [0, 0.05) is 29.1 Å². The van der Waals surface area contributed by atoms with Gasteiger partial charge in [-0.15, -0.1) is 0 Å². The van der Waals surface area contributed by atoms with Gasteiger partial charge >= 0.3 is 0 Å². The molecule has 0 saturated heterocycles. The van der Waals surface area contributed by atoms with Crippen LogP contribution in [0.1, 0.15) is 30.9 Å². The van der Waals surface area contributed by atoms with Gasteiger partial charge in [0.2, 0.25) is 5.91 Å². The molecule has 0 saturated carbocycles. The summed E-state index contributed by atoms with van der Waals surface area (Å²) < 4.78 is 0. The molecule has 3 rings (SSSR count). The second-order valence-electron chi connectivity index (χ2n) is 6.17. The molecule has 5 nitrogen and oxygen atoms in total. The average Bonchev–Trinajstić information content (AvgIpc) is 2.90. The van der Waals surface area contributed by atoms with Gasteiger partial charge in [-0.25, -0.2) is 0 Å². The van der Waals surface area contributed by atoms with Crippen molar-refractivity contribution >= 4 is 23.2 Å². The van der Waals surface area contributed by atoms with Gasteiger partial charge in [0.05, 0.1) is 0 Å². The lowest BCUT2D eigenvalue weighted by atomic mass is 9.97. The molecule has 6 heteroatoms. The predicted octanol–water partition coefficient (Wildman–Crippen LogP) is 3.43. The largest absolute Gasteiger partial charge is 0.508 e. The first-order valence-electron chi connectivity index (χ1n) is 8.02. The fourth-order valence-electron chi connectivity index (χ4n) is 2.99. The number of carbonyl (C=O) groups is 1. The minimum absolute atomic E-state index is 0.129. The number of halogens is 1. The molecular weight excluding hydrogens is 340 g/mol. The molecule has 1 aliphatic heterocycles. The van der Waals surface area contributed by atoms with Crippen molar-refractivity contribution in [3.63, 3.8) is 0 Å². The topological polar surface area (TPSA) is 73.1 Å². The maximum Gasteiger partial charge on any atom is 0.245 e. The Bertz CT molecular complexity index is 820. The summed E-state index contributed by atoms with van der Waals surface area (Å²) in [5.41, 5.74) is 0.414. The van der Waals surface area contributed by atoms with Gasteiger partial charge in [-0.1, -0.05) is 41.9 Å². The molecular formula is C19H19ClN2O3. The molecule has 0 unspecified atom stereocenters. The molecule has 1 atom stereocenters. The average molecular weight is 359 g/mol. The fraction of sp³-hybridized carbons (Fsp3) is 0.263. The Kier molecular flexibility index (Phi) is 4.79. The Morgan fingerprint density at radius 1 is 1.24 bits per heavy atom. The zero-order chi connectivity index (χ0) is 18.0. The predicted molar refractivity (Wildman–Crippen MR) is 96.3 cm³/mol. The number of phenolic OH excluding ortho intramolecular Hbond substituents is 1. The van der Waals surface area contributed by atoms with Gasteiger partial charge in [-0.3, -0.25) is 4.79 Å². The number of phenols is 1. The SMILES string of the molecule is CC1=NN(C(=O)CCc2ccccc2O)[C@](O)(c2ccc(Cl)cc2)C1. The highest BCUT2D eigenvalue weighted by atomic mass is 35.5. The minimum Gasteiger partial charge on any atom is -0.508 e. The Labute approximate surface area is 151 Å². The summed E-state index contributed by atoms with van der Waals surface area (Å²) in [6.45, 7) is 1.77. The number of hydrazone groups is 1. The van der Waals surface area contributed by atoms with Gasteiger partial charge in [-0.05, 0) is 37.1 Å². The van der Waals surface area contributed by atoms with Gasteiger partial charge in [-0.2, -0.15) is 10.1 Å². The molecule has 1 amide bonds. The van der Waals surface area contributed by atoms with Crippen LogP contribution in [0.5, 0.6) is 5.75 Å². The van der Waals surface area contributed by atoms with Crippen LogP contribution in [-0.4, -0.2) is 26.8 Å². The summed E-state index contributed by atoms with van der Waals surface area (Å²) in [5, 5.41) is 26.9. The number of para-hydroxylation sites is 1. The molecule has 0 aromatic heterocycles. The van der Waals surface area contributed by atoms with E-state index < -0.39 is 5.72 Å². The number of nitrogens with zero attached hydrogens (tertiary/aromatic N) is 2.